The summed E-state index contributed by atoms with van der Waals surface area (Å²) in [5.41, 5.74) is 0.812. The maximum Gasteiger partial charge on any atom is 0.217 e. The Balaban J connectivity index is 1.82. The summed E-state index contributed by atoms with van der Waals surface area (Å²) in [5, 5.41) is 56.4. The van der Waals surface area contributed by atoms with E-state index in [1.54, 1.807) is 0 Å². The maximum atomic E-state index is 11.9. The molecule has 0 spiro atoms. The number of carbonyl (C=O) groups is 2. The lowest BCUT2D eigenvalue weighted by Gasteiger charge is -2.48. The molecule has 7 N–H and O–H groups in total. The molecule has 2 saturated heterocycles. The molecule has 36 heavy (non-hydrogen) atoms. The van der Waals surface area contributed by atoms with Gasteiger partial charge in [-0.2, -0.15) is 0 Å². The average Bonchev–Trinajstić information content (AvgIpc) is 2.85. The molecule has 0 radical (unpaired) electrons. The Morgan fingerprint density at radius 2 is 1.39 bits per heavy atom. The van der Waals surface area contributed by atoms with Gasteiger partial charge in [0.15, 0.2) is 12.6 Å². The Morgan fingerprint density at radius 1 is 0.833 bits per heavy atom. The standard InChI is InChI=1S/C23H34N2O11/c1-11(28)24-16-19(31)18(30)14(8-26)34-23(16)36-21-15(9-27)35-22(17(20(21)32)25-12(2)29)33-10-13-6-4-3-5-7-13/h3-7,14-23,26-27,30-32H,8-10H2,1-2H3,(H,24,28)(H,25,29)/t14-,15+,16+,17+,18-,19-,20-,21-,22-,23+/m1/s1. The zero-order valence-electron chi connectivity index (χ0n) is 20.0. The number of benzene rings is 1. The van der Waals surface area contributed by atoms with Gasteiger partial charge in [0.1, 0.15) is 48.7 Å². The van der Waals surface area contributed by atoms with Crippen LogP contribution in [0.3, 0.4) is 0 Å². The second-order valence-corrected chi connectivity index (χ2v) is 8.77. The van der Waals surface area contributed by atoms with Gasteiger partial charge in [-0.05, 0) is 5.56 Å². The Labute approximate surface area is 207 Å². The highest BCUT2D eigenvalue weighted by Crippen LogP contribution is 2.30. The smallest absolute Gasteiger partial charge is 0.217 e. The molecule has 2 aliphatic heterocycles. The second-order valence-electron chi connectivity index (χ2n) is 8.77. The molecule has 2 aliphatic rings. The van der Waals surface area contributed by atoms with Crippen molar-refractivity contribution in [2.75, 3.05) is 13.2 Å². The molecule has 2 fully saturated rings. The average molecular weight is 515 g/mol. The number of hydrogen-bond acceptors (Lipinski definition) is 11. The molecule has 13 heteroatoms. The third-order valence-corrected chi connectivity index (χ3v) is 6.02. The van der Waals surface area contributed by atoms with Gasteiger partial charge in [-0.1, -0.05) is 30.3 Å². The van der Waals surface area contributed by atoms with E-state index in [4.69, 9.17) is 18.9 Å². The lowest BCUT2D eigenvalue weighted by atomic mass is 9.94. The molecule has 0 unspecified atom stereocenters. The van der Waals surface area contributed by atoms with Crippen LogP contribution < -0.4 is 10.6 Å². The molecule has 1 aromatic carbocycles. The predicted octanol–water partition coefficient (Wildman–Crippen LogP) is -2.89. The Bertz CT molecular complexity index is 860. The minimum absolute atomic E-state index is 0.0938. The number of ether oxygens (including phenoxy) is 4. The van der Waals surface area contributed by atoms with Crippen LogP contribution in [0.15, 0.2) is 30.3 Å². The van der Waals surface area contributed by atoms with Gasteiger partial charge in [-0.3, -0.25) is 9.59 Å². The number of carbonyl (C=O) groups excluding carboxylic acids is 2. The first-order valence-electron chi connectivity index (χ1n) is 11.6. The van der Waals surface area contributed by atoms with Crippen molar-refractivity contribution in [3.8, 4) is 0 Å². The summed E-state index contributed by atoms with van der Waals surface area (Å²) in [6, 6.07) is 6.73. The molecule has 13 nitrogen and oxygen atoms in total. The fourth-order valence-electron chi connectivity index (χ4n) is 4.26. The third-order valence-electron chi connectivity index (χ3n) is 6.02. The highest BCUT2D eigenvalue weighted by molar-refractivity contribution is 5.73. The van der Waals surface area contributed by atoms with Crippen molar-refractivity contribution in [3.05, 3.63) is 35.9 Å². The number of rotatable bonds is 9. The van der Waals surface area contributed by atoms with Crippen LogP contribution in [-0.4, -0.2) is 112 Å². The van der Waals surface area contributed by atoms with E-state index in [0.717, 1.165) is 5.56 Å². The summed E-state index contributed by atoms with van der Waals surface area (Å²) in [6.07, 6.45) is -11.0. The number of aliphatic hydroxyl groups is 5. The number of aliphatic hydroxyl groups excluding tert-OH is 5. The minimum Gasteiger partial charge on any atom is -0.394 e. The van der Waals surface area contributed by atoms with Gasteiger partial charge in [0.2, 0.25) is 11.8 Å². The van der Waals surface area contributed by atoms with Gasteiger partial charge in [0, 0.05) is 13.8 Å². The van der Waals surface area contributed by atoms with Crippen molar-refractivity contribution in [1.82, 2.24) is 10.6 Å². The monoisotopic (exact) mass is 514 g/mol. The van der Waals surface area contributed by atoms with Crippen LogP contribution in [-0.2, 0) is 35.1 Å². The van der Waals surface area contributed by atoms with Crippen LogP contribution in [0.4, 0.5) is 0 Å². The molecular weight excluding hydrogens is 480 g/mol. The Kier molecular flexibility index (Phi) is 10.1. The van der Waals surface area contributed by atoms with E-state index in [0.29, 0.717) is 0 Å². The van der Waals surface area contributed by atoms with Crippen LogP contribution in [0.2, 0.25) is 0 Å². The van der Waals surface area contributed by atoms with E-state index in [-0.39, 0.29) is 6.61 Å². The van der Waals surface area contributed by atoms with Crippen molar-refractivity contribution >= 4 is 11.8 Å². The molecular formula is C23H34N2O11. The van der Waals surface area contributed by atoms with Gasteiger partial charge in [0.05, 0.1) is 19.8 Å². The van der Waals surface area contributed by atoms with Crippen LogP contribution in [0.5, 0.6) is 0 Å². The highest BCUT2D eigenvalue weighted by atomic mass is 16.7. The molecule has 0 saturated carbocycles. The van der Waals surface area contributed by atoms with Crippen LogP contribution in [0.25, 0.3) is 0 Å². The quantitative estimate of drug-likeness (QED) is 0.179. The van der Waals surface area contributed by atoms with Crippen LogP contribution in [0.1, 0.15) is 19.4 Å². The zero-order chi connectivity index (χ0) is 26.4. The van der Waals surface area contributed by atoms with E-state index >= 15 is 0 Å². The highest BCUT2D eigenvalue weighted by Gasteiger charge is 2.51. The van der Waals surface area contributed by atoms with Gasteiger partial charge in [-0.25, -0.2) is 0 Å². The minimum atomic E-state index is -1.58. The normalized spacial score (nSPS) is 36.8. The summed E-state index contributed by atoms with van der Waals surface area (Å²) < 4.78 is 23.1. The summed E-state index contributed by atoms with van der Waals surface area (Å²) in [6.45, 7) is 1.24. The molecule has 202 valence electrons. The second kappa shape index (κ2) is 12.9. The molecule has 3 rings (SSSR count). The van der Waals surface area contributed by atoms with E-state index in [2.05, 4.69) is 10.6 Å². The first-order valence-corrected chi connectivity index (χ1v) is 11.6. The molecule has 10 atom stereocenters. The van der Waals surface area contributed by atoms with E-state index in [1.807, 2.05) is 30.3 Å². The molecule has 2 heterocycles. The molecule has 0 aromatic heterocycles. The molecule has 1 aromatic rings. The topological polar surface area (TPSA) is 196 Å². The van der Waals surface area contributed by atoms with Crippen molar-refractivity contribution in [2.24, 2.45) is 0 Å². The molecule has 2 amide bonds. The summed E-state index contributed by atoms with van der Waals surface area (Å²) in [4.78, 5) is 23.6. The number of amides is 2. The number of hydrogen-bond donors (Lipinski definition) is 7. The van der Waals surface area contributed by atoms with Crippen molar-refractivity contribution in [3.63, 3.8) is 0 Å². The number of nitrogens with one attached hydrogen (secondary N) is 2. The van der Waals surface area contributed by atoms with Crippen LogP contribution in [0, 0.1) is 0 Å². The molecule has 0 bridgehead atoms. The maximum absolute atomic E-state index is 11.9. The van der Waals surface area contributed by atoms with Crippen molar-refractivity contribution in [1.29, 1.82) is 0 Å². The first-order chi connectivity index (χ1) is 17.2. The molecule has 0 aliphatic carbocycles. The van der Waals surface area contributed by atoms with Gasteiger partial charge < -0.3 is 55.1 Å². The summed E-state index contributed by atoms with van der Waals surface area (Å²) >= 11 is 0. The van der Waals surface area contributed by atoms with Gasteiger partial charge in [0.25, 0.3) is 0 Å². The van der Waals surface area contributed by atoms with Gasteiger partial charge >= 0.3 is 0 Å². The fraction of sp³-hybridized carbons (Fsp3) is 0.652. The largest absolute Gasteiger partial charge is 0.394 e. The Hall–Kier alpha value is -2.20. The van der Waals surface area contributed by atoms with E-state index < -0.39 is 86.3 Å². The summed E-state index contributed by atoms with van der Waals surface area (Å²) in [5.74, 6) is -1.04. The SMILES string of the molecule is CC(=O)N[C@@H]1[C@H](OCc2ccccc2)O[C@@H](CO)[C@@H](O[C@@H]2O[C@H](CO)[C@@H](O)[C@H](O)[C@@H]2NC(C)=O)[C@@H]1O. The zero-order valence-corrected chi connectivity index (χ0v) is 20.0. The Morgan fingerprint density at radius 3 is 1.94 bits per heavy atom. The van der Waals surface area contributed by atoms with Crippen molar-refractivity contribution in [2.45, 2.75) is 81.7 Å². The van der Waals surface area contributed by atoms with Gasteiger partial charge in [-0.15, -0.1) is 0 Å². The fourth-order valence-corrected chi connectivity index (χ4v) is 4.26. The van der Waals surface area contributed by atoms with E-state index in [1.165, 1.54) is 13.8 Å². The third kappa shape index (κ3) is 6.76. The summed E-state index contributed by atoms with van der Waals surface area (Å²) in [7, 11) is 0. The van der Waals surface area contributed by atoms with Crippen LogP contribution >= 0.6 is 0 Å². The van der Waals surface area contributed by atoms with Crippen molar-refractivity contribution < 1.29 is 54.1 Å². The first kappa shape index (κ1) is 28.4. The predicted molar refractivity (Wildman–Crippen MR) is 121 cm³/mol. The van der Waals surface area contributed by atoms with E-state index in [9.17, 15) is 35.1 Å². The lowest BCUT2D eigenvalue weighted by molar-refractivity contribution is -0.333. The lowest BCUT2D eigenvalue weighted by Crippen LogP contribution is -2.69.